The summed E-state index contributed by atoms with van der Waals surface area (Å²) in [5.74, 6) is -0.259. The quantitative estimate of drug-likeness (QED) is 0.482. The summed E-state index contributed by atoms with van der Waals surface area (Å²) in [5, 5.41) is 18.3. The number of thiophene rings is 1. The molecule has 1 aliphatic heterocycles. The highest BCUT2D eigenvalue weighted by molar-refractivity contribution is 7.09. The summed E-state index contributed by atoms with van der Waals surface area (Å²) in [7, 11) is 0. The van der Waals surface area contributed by atoms with Crippen LogP contribution in [0.3, 0.4) is 0 Å². The third kappa shape index (κ3) is 7.67. The van der Waals surface area contributed by atoms with E-state index >= 15 is 0 Å². The largest absolute Gasteiger partial charge is 0.507 e. The fourth-order valence-electron chi connectivity index (χ4n) is 4.42. The molecule has 0 aliphatic carbocycles. The lowest BCUT2D eigenvalue weighted by Gasteiger charge is -2.22. The van der Waals surface area contributed by atoms with E-state index in [4.69, 9.17) is 0 Å². The van der Waals surface area contributed by atoms with E-state index in [0.717, 1.165) is 24.0 Å². The van der Waals surface area contributed by atoms with Crippen molar-refractivity contribution in [1.82, 2.24) is 15.5 Å². The number of hydrogen-bond donors (Lipinski definition) is 3. The Labute approximate surface area is 221 Å². The number of aryl methyl sites for hydroxylation is 1. The number of aromatic hydroxyl groups is 1. The van der Waals surface area contributed by atoms with E-state index in [0.29, 0.717) is 56.4 Å². The van der Waals surface area contributed by atoms with Gasteiger partial charge >= 0.3 is 0 Å². The molecule has 0 saturated heterocycles. The molecule has 0 atom stereocenters. The third-order valence-corrected chi connectivity index (χ3v) is 7.39. The normalized spacial score (nSPS) is 15.3. The number of benzene rings is 2. The number of phenolic OH excluding ortho intramolecular Hbond substituents is 1. The molecule has 0 fully saturated rings. The van der Waals surface area contributed by atoms with E-state index in [9.17, 15) is 19.5 Å². The Morgan fingerprint density at radius 2 is 1.84 bits per heavy atom. The number of nitrogens with zero attached hydrogens (tertiary/aromatic N) is 1. The number of carbonyl (C=O) groups is 3. The van der Waals surface area contributed by atoms with Gasteiger partial charge < -0.3 is 20.6 Å². The van der Waals surface area contributed by atoms with Crippen molar-refractivity contribution in [3.8, 4) is 16.9 Å². The van der Waals surface area contributed by atoms with Crippen LogP contribution in [0.15, 0.2) is 60.0 Å². The van der Waals surface area contributed by atoms with Crippen LogP contribution in [0.25, 0.3) is 11.1 Å². The smallest absolute Gasteiger partial charge is 0.251 e. The maximum Gasteiger partial charge on any atom is 0.251 e. The van der Waals surface area contributed by atoms with Gasteiger partial charge in [-0.05, 0) is 78.9 Å². The molecule has 0 radical (unpaired) electrons. The summed E-state index contributed by atoms with van der Waals surface area (Å²) in [6.07, 6.45) is 3.95. The number of hydrogen-bond acceptors (Lipinski definition) is 5. The van der Waals surface area contributed by atoms with Crippen molar-refractivity contribution in [2.45, 2.75) is 38.5 Å². The molecule has 4 bridgehead atoms. The summed E-state index contributed by atoms with van der Waals surface area (Å²) in [4.78, 5) is 41.3. The van der Waals surface area contributed by atoms with Crippen molar-refractivity contribution in [2.24, 2.45) is 0 Å². The van der Waals surface area contributed by atoms with Crippen molar-refractivity contribution in [1.29, 1.82) is 0 Å². The molecular weight excluding hydrogens is 486 g/mol. The fraction of sp³-hybridized carbons (Fsp3) is 0.345. The second kappa shape index (κ2) is 13.1. The monoisotopic (exact) mass is 519 g/mol. The molecule has 4 rings (SSSR count). The van der Waals surface area contributed by atoms with Gasteiger partial charge in [-0.1, -0.05) is 24.3 Å². The topological polar surface area (TPSA) is 98.7 Å². The van der Waals surface area contributed by atoms with Gasteiger partial charge in [-0.15, -0.1) is 11.3 Å². The molecule has 3 N–H and O–H groups in total. The van der Waals surface area contributed by atoms with Crippen molar-refractivity contribution in [2.75, 3.05) is 26.2 Å². The number of nitrogens with one attached hydrogen (secondary N) is 2. The first kappa shape index (κ1) is 26.4. The van der Waals surface area contributed by atoms with E-state index in [1.54, 1.807) is 40.5 Å². The third-order valence-electron chi connectivity index (χ3n) is 6.45. The Morgan fingerprint density at radius 1 is 0.973 bits per heavy atom. The summed E-state index contributed by atoms with van der Waals surface area (Å²) >= 11 is 1.69. The van der Waals surface area contributed by atoms with Gasteiger partial charge in [0.2, 0.25) is 11.8 Å². The molecule has 8 heteroatoms. The van der Waals surface area contributed by atoms with Gasteiger partial charge in [-0.3, -0.25) is 14.4 Å². The molecule has 7 nitrogen and oxygen atoms in total. The number of fused-ring (bicyclic) bond motifs is 5. The average Bonchev–Trinajstić information content (AvgIpc) is 3.42. The summed E-state index contributed by atoms with van der Waals surface area (Å²) < 4.78 is 0. The molecule has 37 heavy (non-hydrogen) atoms. The van der Waals surface area contributed by atoms with E-state index in [1.807, 2.05) is 29.6 Å². The minimum atomic E-state index is -0.187. The van der Waals surface area contributed by atoms with E-state index in [2.05, 4.69) is 16.7 Å². The molecule has 1 aromatic heterocycles. The van der Waals surface area contributed by atoms with Crippen molar-refractivity contribution >= 4 is 29.1 Å². The first-order valence-corrected chi connectivity index (χ1v) is 13.6. The van der Waals surface area contributed by atoms with E-state index in [-0.39, 0.29) is 30.0 Å². The van der Waals surface area contributed by atoms with Crippen LogP contribution in [0, 0.1) is 0 Å². The standard InChI is InChI=1S/C29H33N3O4S/c33-26-12-11-21-13-15-30-27(34)20-32(28(35)10-4-8-24-9-5-17-37-24)16-2-1-14-31-29(36)23-7-3-6-22(19-23)25(26)18-21/h3,5-7,9,11-12,17-19,33H,1-2,4,8,10,13-16,20H2,(H,30,34)(H,31,36). The van der Waals surface area contributed by atoms with Crippen molar-refractivity contribution < 1.29 is 19.5 Å². The zero-order valence-electron chi connectivity index (χ0n) is 20.9. The van der Waals surface area contributed by atoms with Gasteiger partial charge in [0.1, 0.15) is 5.75 Å². The first-order chi connectivity index (χ1) is 18.0. The lowest BCUT2D eigenvalue weighted by molar-refractivity contribution is -0.136. The maximum atomic E-state index is 13.0. The Hall–Kier alpha value is -3.65. The lowest BCUT2D eigenvalue weighted by Crippen LogP contribution is -2.42. The molecular formula is C29H33N3O4S. The van der Waals surface area contributed by atoms with Gasteiger partial charge in [-0.2, -0.15) is 0 Å². The molecule has 0 saturated carbocycles. The fourth-order valence-corrected chi connectivity index (χ4v) is 5.18. The van der Waals surface area contributed by atoms with Crippen LogP contribution in [0.2, 0.25) is 0 Å². The molecule has 2 aromatic carbocycles. The minimum absolute atomic E-state index is 0.0230. The van der Waals surface area contributed by atoms with Crippen LogP contribution in [0.5, 0.6) is 5.75 Å². The highest BCUT2D eigenvalue weighted by Gasteiger charge is 2.17. The zero-order chi connectivity index (χ0) is 26.0. The van der Waals surface area contributed by atoms with Crippen LogP contribution >= 0.6 is 11.3 Å². The average molecular weight is 520 g/mol. The summed E-state index contributed by atoms with van der Waals surface area (Å²) in [5.41, 5.74) is 2.87. The van der Waals surface area contributed by atoms with Gasteiger partial charge in [0.15, 0.2) is 0 Å². The highest BCUT2D eigenvalue weighted by atomic mass is 32.1. The second-order valence-electron chi connectivity index (χ2n) is 9.24. The number of carbonyl (C=O) groups excluding carboxylic acids is 3. The maximum absolute atomic E-state index is 13.0. The molecule has 3 amide bonds. The summed E-state index contributed by atoms with van der Waals surface area (Å²) in [6, 6.07) is 16.6. The minimum Gasteiger partial charge on any atom is -0.507 e. The summed E-state index contributed by atoms with van der Waals surface area (Å²) in [6.45, 7) is 1.38. The van der Waals surface area contributed by atoms with Crippen LogP contribution in [-0.4, -0.2) is 53.9 Å². The SMILES string of the molecule is O=C1CN(C(=O)CCCc2cccs2)CCCCNC(=O)c2cccc(c2)-c2cc(ccc2O)CCN1. The van der Waals surface area contributed by atoms with Crippen molar-refractivity contribution in [3.63, 3.8) is 0 Å². The molecule has 2 heterocycles. The number of amides is 3. The molecule has 194 valence electrons. The Bertz CT molecular complexity index is 1230. The molecule has 1 aliphatic rings. The predicted octanol–water partition coefficient (Wildman–Crippen LogP) is 4.15. The highest BCUT2D eigenvalue weighted by Crippen LogP contribution is 2.30. The van der Waals surface area contributed by atoms with E-state index < -0.39 is 0 Å². The van der Waals surface area contributed by atoms with Crippen LogP contribution in [-0.2, 0) is 22.4 Å². The van der Waals surface area contributed by atoms with Crippen LogP contribution < -0.4 is 10.6 Å². The van der Waals surface area contributed by atoms with Gasteiger partial charge in [0.05, 0.1) is 6.54 Å². The molecule has 3 aromatic rings. The molecule has 0 unspecified atom stereocenters. The molecule has 0 spiro atoms. The van der Waals surface area contributed by atoms with Gasteiger partial charge in [0, 0.05) is 42.1 Å². The second-order valence-corrected chi connectivity index (χ2v) is 10.3. The number of rotatable bonds is 4. The van der Waals surface area contributed by atoms with Crippen LogP contribution in [0.1, 0.15) is 46.5 Å². The first-order valence-electron chi connectivity index (χ1n) is 12.8. The van der Waals surface area contributed by atoms with Crippen molar-refractivity contribution in [3.05, 3.63) is 76.0 Å². The van der Waals surface area contributed by atoms with Gasteiger partial charge in [0.25, 0.3) is 5.91 Å². The lowest BCUT2D eigenvalue weighted by atomic mass is 9.98. The Kier molecular flexibility index (Phi) is 9.32. The van der Waals surface area contributed by atoms with Crippen LogP contribution in [0.4, 0.5) is 0 Å². The Morgan fingerprint density at radius 3 is 2.68 bits per heavy atom. The Balaban J connectivity index is 1.45. The van der Waals surface area contributed by atoms with E-state index in [1.165, 1.54) is 4.88 Å². The zero-order valence-corrected chi connectivity index (χ0v) is 21.7. The predicted molar refractivity (Wildman–Crippen MR) is 146 cm³/mol. The number of phenols is 1. The van der Waals surface area contributed by atoms with Gasteiger partial charge in [-0.25, -0.2) is 0 Å².